The van der Waals surface area contributed by atoms with Gasteiger partial charge in [0.1, 0.15) is 5.75 Å². The van der Waals surface area contributed by atoms with E-state index in [1.54, 1.807) is 17.0 Å². The summed E-state index contributed by atoms with van der Waals surface area (Å²) in [6, 6.07) is 12.3. The number of rotatable bonds is 12. The summed E-state index contributed by atoms with van der Waals surface area (Å²) in [6.45, 7) is 1.03. The highest BCUT2D eigenvalue weighted by atomic mass is 35.5. The fourth-order valence-electron chi connectivity index (χ4n) is 6.02. The highest BCUT2D eigenvalue weighted by Gasteiger charge is 2.45. The Bertz CT molecular complexity index is 1210. The average Bonchev–Trinajstić information content (AvgIpc) is 3.28. The normalized spacial score (nSPS) is 22.1. The number of hydrogen-bond acceptors (Lipinski definition) is 6. The van der Waals surface area contributed by atoms with Crippen molar-refractivity contribution in [3.05, 3.63) is 63.6 Å². The van der Waals surface area contributed by atoms with E-state index in [-0.39, 0.29) is 43.0 Å². The lowest BCUT2D eigenvalue weighted by atomic mass is 9.97. The van der Waals surface area contributed by atoms with Crippen molar-refractivity contribution < 1.29 is 24.2 Å². The van der Waals surface area contributed by atoms with Crippen molar-refractivity contribution in [1.82, 2.24) is 9.80 Å². The minimum atomic E-state index is -1.00. The van der Waals surface area contributed by atoms with Crippen LogP contribution in [0.1, 0.15) is 49.7 Å². The summed E-state index contributed by atoms with van der Waals surface area (Å²) in [6.07, 6.45) is 3.26. The molecule has 40 heavy (non-hydrogen) atoms. The number of nitrogens with two attached hydrogens (primary N) is 1. The van der Waals surface area contributed by atoms with Crippen molar-refractivity contribution in [3.8, 4) is 5.75 Å². The zero-order chi connectivity index (χ0) is 28.8. The molecule has 4 atom stereocenters. The summed E-state index contributed by atoms with van der Waals surface area (Å²) in [5.41, 5.74) is 8.29. The molecule has 2 heterocycles. The molecule has 4 rings (SSSR count). The van der Waals surface area contributed by atoms with Gasteiger partial charge in [-0.15, -0.1) is 0 Å². The van der Waals surface area contributed by atoms with Gasteiger partial charge < -0.3 is 20.5 Å². The number of aliphatic carboxylic acids is 1. The average molecular weight is 591 g/mol. The highest BCUT2D eigenvalue weighted by molar-refractivity contribution is 6.42. The molecular formula is C30H37Cl2N3O5. The molecule has 10 heteroatoms. The lowest BCUT2D eigenvalue weighted by Crippen LogP contribution is -2.50. The molecule has 216 valence electrons. The first-order chi connectivity index (χ1) is 19.2. The third-order valence-electron chi connectivity index (χ3n) is 8.06. The quantitative estimate of drug-likeness (QED) is 0.378. The Hall–Kier alpha value is -2.65. The Morgan fingerprint density at radius 2 is 1.85 bits per heavy atom. The first-order valence-electron chi connectivity index (χ1n) is 13.8. The van der Waals surface area contributed by atoms with Crippen LogP contribution in [0.2, 0.25) is 10.0 Å². The van der Waals surface area contributed by atoms with Crippen molar-refractivity contribution in [1.29, 1.82) is 0 Å². The number of halogens is 2. The number of ether oxygens (including phenoxy) is 1. The van der Waals surface area contributed by atoms with Gasteiger partial charge in [-0.3, -0.25) is 19.3 Å². The molecule has 2 aromatic rings. The second-order valence-corrected chi connectivity index (χ2v) is 11.5. The van der Waals surface area contributed by atoms with E-state index in [1.165, 1.54) is 12.7 Å². The number of carbonyl (C=O) groups is 3. The molecule has 1 unspecified atom stereocenters. The zero-order valence-corrected chi connectivity index (χ0v) is 24.2. The Balaban J connectivity index is 1.53. The number of methoxy groups -OCH3 is 1. The number of carbonyl (C=O) groups excluding carboxylic acids is 2. The molecule has 2 saturated heterocycles. The molecule has 0 bridgehead atoms. The molecule has 0 saturated carbocycles. The number of ketones is 1. The van der Waals surface area contributed by atoms with E-state index < -0.39 is 18.1 Å². The SMILES string of the molecule is COc1cc(Cl)c(Cl)cc1CCC(=O)[C@@H](CCC(=O)O)N1CCC(CCc2ccccc2)N2C[C@H](N)C[C@H]2C1=O. The lowest BCUT2D eigenvalue weighted by Gasteiger charge is -2.32. The van der Waals surface area contributed by atoms with E-state index in [2.05, 4.69) is 17.0 Å². The molecule has 2 aliphatic rings. The van der Waals surface area contributed by atoms with Crippen LogP contribution in [0.3, 0.4) is 0 Å². The van der Waals surface area contributed by atoms with Crippen molar-refractivity contribution in [3.63, 3.8) is 0 Å². The van der Waals surface area contributed by atoms with Crippen LogP contribution in [0.15, 0.2) is 42.5 Å². The maximum Gasteiger partial charge on any atom is 0.303 e. The summed E-state index contributed by atoms with van der Waals surface area (Å²) >= 11 is 12.3. The summed E-state index contributed by atoms with van der Waals surface area (Å²) in [4.78, 5) is 42.9. The second kappa shape index (κ2) is 13.8. The van der Waals surface area contributed by atoms with Crippen LogP contribution >= 0.6 is 23.2 Å². The molecule has 0 spiro atoms. The molecule has 1 amide bonds. The van der Waals surface area contributed by atoms with E-state index in [4.69, 9.17) is 33.7 Å². The fourth-order valence-corrected chi connectivity index (χ4v) is 6.36. The van der Waals surface area contributed by atoms with Crippen LogP contribution in [0.25, 0.3) is 0 Å². The number of aryl methyl sites for hydroxylation is 2. The lowest BCUT2D eigenvalue weighted by molar-refractivity contribution is -0.144. The number of hydrogen-bond donors (Lipinski definition) is 2. The van der Waals surface area contributed by atoms with Gasteiger partial charge in [-0.05, 0) is 55.7 Å². The van der Waals surface area contributed by atoms with E-state index in [0.29, 0.717) is 48.1 Å². The van der Waals surface area contributed by atoms with Crippen molar-refractivity contribution in [2.45, 2.75) is 75.5 Å². The first-order valence-corrected chi connectivity index (χ1v) is 14.6. The number of Topliss-reactive ketones (excluding diaryl/α,β-unsaturated/α-hetero) is 1. The zero-order valence-electron chi connectivity index (χ0n) is 22.7. The van der Waals surface area contributed by atoms with Crippen LogP contribution in [0, 0.1) is 0 Å². The van der Waals surface area contributed by atoms with Crippen LogP contribution < -0.4 is 10.5 Å². The highest BCUT2D eigenvalue weighted by Crippen LogP contribution is 2.33. The van der Waals surface area contributed by atoms with E-state index in [0.717, 1.165) is 18.4 Å². The van der Waals surface area contributed by atoms with Gasteiger partial charge >= 0.3 is 5.97 Å². The number of benzene rings is 2. The van der Waals surface area contributed by atoms with Gasteiger partial charge in [0.05, 0.1) is 29.2 Å². The minimum absolute atomic E-state index is 0.0614. The third-order valence-corrected chi connectivity index (χ3v) is 8.79. The maximum absolute atomic E-state index is 13.9. The number of carboxylic acid groups (broad SMARTS) is 1. The largest absolute Gasteiger partial charge is 0.496 e. The van der Waals surface area contributed by atoms with E-state index in [9.17, 15) is 19.5 Å². The third kappa shape index (κ3) is 7.35. The molecule has 8 nitrogen and oxygen atoms in total. The molecule has 2 aromatic carbocycles. The van der Waals surface area contributed by atoms with Gasteiger partial charge in [0, 0.05) is 44.1 Å². The number of nitrogens with zero attached hydrogens (tertiary/aromatic N) is 2. The molecule has 0 radical (unpaired) electrons. The molecule has 0 aliphatic carbocycles. The molecule has 2 aliphatic heterocycles. The van der Waals surface area contributed by atoms with Gasteiger partial charge in [-0.25, -0.2) is 0 Å². The monoisotopic (exact) mass is 589 g/mol. The van der Waals surface area contributed by atoms with Gasteiger partial charge in [0.2, 0.25) is 5.91 Å². The maximum atomic E-state index is 13.9. The van der Waals surface area contributed by atoms with Crippen molar-refractivity contribution in [2.24, 2.45) is 5.73 Å². The van der Waals surface area contributed by atoms with Crippen LogP contribution in [0.5, 0.6) is 5.75 Å². The topological polar surface area (TPSA) is 113 Å². The fraction of sp³-hybridized carbons (Fsp3) is 0.500. The second-order valence-electron chi connectivity index (χ2n) is 10.7. The van der Waals surface area contributed by atoms with Gasteiger partial charge in [-0.2, -0.15) is 0 Å². The summed E-state index contributed by atoms with van der Waals surface area (Å²) in [7, 11) is 1.52. The predicted molar refractivity (Wildman–Crippen MR) is 155 cm³/mol. The Morgan fingerprint density at radius 3 is 2.55 bits per heavy atom. The molecule has 3 N–H and O–H groups in total. The Morgan fingerprint density at radius 1 is 1.12 bits per heavy atom. The first kappa shape index (κ1) is 30.3. The Kier molecular flexibility index (Phi) is 10.5. The predicted octanol–water partition coefficient (Wildman–Crippen LogP) is 4.37. The molecule has 0 aromatic heterocycles. The van der Waals surface area contributed by atoms with Gasteiger partial charge in [0.15, 0.2) is 5.78 Å². The summed E-state index contributed by atoms with van der Waals surface area (Å²) in [5.74, 6) is -0.797. The summed E-state index contributed by atoms with van der Waals surface area (Å²) in [5, 5.41) is 10.1. The summed E-state index contributed by atoms with van der Waals surface area (Å²) < 4.78 is 5.41. The van der Waals surface area contributed by atoms with Crippen LogP contribution in [-0.2, 0) is 27.2 Å². The van der Waals surface area contributed by atoms with Crippen molar-refractivity contribution in [2.75, 3.05) is 20.2 Å². The van der Waals surface area contributed by atoms with Crippen molar-refractivity contribution >= 4 is 40.9 Å². The smallest absolute Gasteiger partial charge is 0.303 e. The number of amides is 1. The van der Waals surface area contributed by atoms with Gasteiger partial charge in [0.25, 0.3) is 0 Å². The molecule has 2 fully saturated rings. The van der Waals surface area contributed by atoms with Gasteiger partial charge in [-0.1, -0.05) is 53.5 Å². The number of fused-ring (bicyclic) bond motifs is 1. The van der Waals surface area contributed by atoms with E-state index >= 15 is 0 Å². The van der Waals surface area contributed by atoms with Crippen LogP contribution in [-0.4, -0.2) is 76.9 Å². The molecular weight excluding hydrogens is 553 g/mol. The van der Waals surface area contributed by atoms with E-state index in [1.807, 2.05) is 18.2 Å². The van der Waals surface area contributed by atoms with Crippen LogP contribution in [0.4, 0.5) is 0 Å². The standard InChI is InChI=1S/C30H37Cl2N3O5/c1-40-28-17-24(32)23(31)15-20(28)8-11-27(36)25(10-12-29(37)38)34-14-13-22(9-7-19-5-3-2-4-6-19)35-18-21(33)16-26(35)30(34)39/h2-6,15,17,21-22,25-26H,7-14,16,18,33H2,1H3,(H,37,38)/t21-,22?,25-,26+/m1/s1. The Labute approximate surface area is 245 Å². The number of carboxylic acids is 1. The minimum Gasteiger partial charge on any atom is -0.496 e.